The van der Waals surface area contributed by atoms with Crippen molar-refractivity contribution in [1.29, 1.82) is 0 Å². The highest BCUT2D eigenvalue weighted by atomic mass is 35.5. The second kappa shape index (κ2) is 7.22. The summed E-state index contributed by atoms with van der Waals surface area (Å²) in [6.45, 7) is 1.84. The van der Waals surface area contributed by atoms with Gasteiger partial charge < -0.3 is 11.1 Å². The highest BCUT2D eigenvalue weighted by Crippen LogP contribution is 2.35. The van der Waals surface area contributed by atoms with Crippen molar-refractivity contribution in [2.24, 2.45) is 0 Å². The highest BCUT2D eigenvalue weighted by Gasteiger charge is 2.19. The Morgan fingerprint density at radius 3 is 2.64 bits per heavy atom. The van der Waals surface area contributed by atoms with Gasteiger partial charge in [0.15, 0.2) is 0 Å². The monoisotopic (exact) mass is 411 g/mol. The number of aromatic nitrogens is 1. The fourth-order valence-corrected chi connectivity index (χ4v) is 4.03. The summed E-state index contributed by atoms with van der Waals surface area (Å²) in [5.41, 5.74) is 9.48. The zero-order valence-corrected chi connectivity index (χ0v) is 16.4. The van der Waals surface area contributed by atoms with Gasteiger partial charge in [-0.1, -0.05) is 17.7 Å². The van der Waals surface area contributed by atoms with Gasteiger partial charge in [0.2, 0.25) is 0 Å². The van der Waals surface area contributed by atoms with Crippen LogP contribution in [0.3, 0.4) is 0 Å². The van der Waals surface area contributed by atoms with Crippen molar-refractivity contribution in [3.05, 3.63) is 75.9 Å². The normalized spacial score (nSPS) is 11.0. The molecule has 0 saturated heterocycles. The molecule has 140 valence electrons. The molecule has 4 rings (SSSR count). The molecule has 3 N–H and O–H groups in total. The lowest BCUT2D eigenvalue weighted by Gasteiger charge is -2.08. The van der Waals surface area contributed by atoms with E-state index < -0.39 is 0 Å². The molecule has 4 nitrogen and oxygen atoms in total. The lowest BCUT2D eigenvalue weighted by molar-refractivity contribution is 0.103. The van der Waals surface area contributed by atoms with Gasteiger partial charge in [0.25, 0.3) is 5.91 Å². The molecule has 0 spiro atoms. The summed E-state index contributed by atoms with van der Waals surface area (Å²) < 4.78 is 13.1. The van der Waals surface area contributed by atoms with Gasteiger partial charge in [0, 0.05) is 21.7 Å². The maximum atomic E-state index is 13.1. The number of nitrogens with one attached hydrogen (secondary N) is 1. The quantitative estimate of drug-likeness (QED) is 0.441. The Labute approximate surface area is 169 Å². The van der Waals surface area contributed by atoms with Gasteiger partial charge in [-0.25, -0.2) is 9.37 Å². The largest absolute Gasteiger partial charge is 0.397 e. The third-order valence-corrected chi connectivity index (χ3v) is 5.98. The van der Waals surface area contributed by atoms with Crippen LogP contribution >= 0.6 is 22.9 Å². The van der Waals surface area contributed by atoms with Crippen molar-refractivity contribution in [3.63, 3.8) is 0 Å². The lowest BCUT2D eigenvalue weighted by atomic mass is 10.1. The molecule has 2 aromatic heterocycles. The van der Waals surface area contributed by atoms with Gasteiger partial charge in [0.1, 0.15) is 15.5 Å². The van der Waals surface area contributed by atoms with Gasteiger partial charge in [-0.15, -0.1) is 11.3 Å². The molecule has 7 heteroatoms. The number of halogens is 2. The van der Waals surface area contributed by atoms with E-state index in [4.69, 9.17) is 17.3 Å². The standard InChI is InChI=1S/C21H15ClFN3OS/c1-11-15(22)3-2-4-16(11)25-20(27)19-18(24)14-9-10-17(26-21(14)28-19)12-5-7-13(23)8-6-12/h2-10H,24H2,1H3,(H,25,27). The zero-order valence-electron chi connectivity index (χ0n) is 14.8. The first kappa shape index (κ1) is 18.4. The second-order valence-electron chi connectivity index (χ2n) is 6.27. The number of pyridine rings is 1. The van der Waals surface area contributed by atoms with Crippen LogP contribution in [0.4, 0.5) is 15.8 Å². The average Bonchev–Trinajstić information content (AvgIpc) is 3.02. The first-order valence-corrected chi connectivity index (χ1v) is 9.65. The number of carbonyl (C=O) groups excluding carboxylic acids is 1. The van der Waals surface area contributed by atoms with Gasteiger partial charge in [-0.05, 0) is 61.0 Å². The molecule has 1 amide bonds. The molecular formula is C21H15ClFN3OS. The summed E-state index contributed by atoms with van der Waals surface area (Å²) in [5, 5.41) is 4.15. The van der Waals surface area contributed by atoms with Crippen molar-refractivity contribution in [2.75, 3.05) is 11.1 Å². The number of benzene rings is 2. The van der Waals surface area contributed by atoms with Crippen LogP contribution in [0.2, 0.25) is 5.02 Å². The molecule has 2 heterocycles. The van der Waals surface area contributed by atoms with Crippen LogP contribution in [0.25, 0.3) is 21.5 Å². The van der Waals surface area contributed by atoms with E-state index in [1.54, 1.807) is 36.4 Å². The third kappa shape index (κ3) is 3.32. The molecule has 0 fully saturated rings. The fraction of sp³-hybridized carbons (Fsp3) is 0.0476. The predicted molar refractivity (Wildman–Crippen MR) is 114 cm³/mol. The smallest absolute Gasteiger partial charge is 0.267 e. The van der Waals surface area contributed by atoms with Crippen LogP contribution < -0.4 is 11.1 Å². The molecular weight excluding hydrogens is 397 g/mol. The molecule has 0 atom stereocenters. The lowest BCUT2D eigenvalue weighted by Crippen LogP contribution is -2.12. The maximum absolute atomic E-state index is 13.1. The van der Waals surface area contributed by atoms with Crippen LogP contribution in [-0.2, 0) is 0 Å². The minimum absolute atomic E-state index is 0.305. The van der Waals surface area contributed by atoms with E-state index in [0.29, 0.717) is 37.2 Å². The Balaban J connectivity index is 1.69. The van der Waals surface area contributed by atoms with Gasteiger partial charge >= 0.3 is 0 Å². The van der Waals surface area contributed by atoms with Gasteiger partial charge in [-0.2, -0.15) is 0 Å². The summed E-state index contributed by atoms with van der Waals surface area (Å²) in [5.74, 6) is -0.616. The molecule has 0 aliphatic carbocycles. The van der Waals surface area contributed by atoms with E-state index in [1.165, 1.54) is 23.5 Å². The molecule has 0 aliphatic heterocycles. The van der Waals surface area contributed by atoms with E-state index in [2.05, 4.69) is 10.3 Å². The summed E-state index contributed by atoms with van der Waals surface area (Å²) in [7, 11) is 0. The van der Waals surface area contributed by atoms with Crippen molar-refractivity contribution >= 4 is 50.4 Å². The number of thiophene rings is 1. The topological polar surface area (TPSA) is 68.0 Å². The molecule has 0 aliphatic rings. The molecule has 0 radical (unpaired) electrons. The molecule has 2 aromatic carbocycles. The minimum Gasteiger partial charge on any atom is -0.397 e. The highest BCUT2D eigenvalue weighted by molar-refractivity contribution is 7.21. The minimum atomic E-state index is -0.311. The Morgan fingerprint density at radius 2 is 1.89 bits per heavy atom. The number of fused-ring (bicyclic) bond motifs is 1. The number of nitrogens with zero attached hydrogens (tertiary/aromatic N) is 1. The first-order valence-electron chi connectivity index (χ1n) is 8.45. The van der Waals surface area contributed by atoms with Crippen LogP contribution in [0.1, 0.15) is 15.2 Å². The summed E-state index contributed by atoms with van der Waals surface area (Å²) >= 11 is 7.34. The van der Waals surface area contributed by atoms with Crippen LogP contribution in [-0.4, -0.2) is 10.9 Å². The van der Waals surface area contributed by atoms with Crippen molar-refractivity contribution < 1.29 is 9.18 Å². The van der Waals surface area contributed by atoms with Crippen LogP contribution in [0.15, 0.2) is 54.6 Å². The SMILES string of the molecule is Cc1c(Cl)cccc1NC(=O)c1sc2nc(-c3ccc(F)cc3)ccc2c1N. The summed E-state index contributed by atoms with van der Waals surface area (Å²) in [6.07, 6.45) is 0. The van der Waals surface area contributed by atoms with E-state index in [-0.39, 0.29) is 11.7 Å². The fourth-order valence-electron chi connectivity index (χ4n) is 2.87. The number of nitrogens with two attached hydrogens (primary N) is 1. The van der Waals surface area contributed by atoms with Crippen molar-refractivity contribution in [3.8, 4) is 11.3 Å². The molecule has 0 unspecified atom stereocenters. The number of hydrogen-bond acceptors (Lipinski definition) is 4. The Bertz CT molecular complexity index is 1200. The van der Waals surface area contributed by atoms with E-state index in [9.17, 15) is 9.18 Å². The average molecular weight is 412 g/mol. The number of anilines is 2. The van der Waals surface area contributed by atoms with Crippen LogP contribution in [0, 0.1) is 12.7 Å². The Hall–Kier alpha value is -2.96. The van der Waals surface area contributed by atoms with Gasteiger partial charge in [-0.3, -0.25) is 4.79 Å². The molecule has 0 saturated carbocycles. The van der Waals surface area contributed by atoms with Crippen LogP contribution in [0.5, 0.6) is 0 Å². The Morgan fingerprint density at radius 1 is 1.14 bits per heavy atom. The number of rotatable bonds is 3. The summed E-state index contributed by atoms with van der Waals surface area (Å²) in [4.78, 5) is 18.4. The predicted octanol–water partition coefficient (Wildman–Crippen LogP) is 5.90. The van der Waals surface area contributed by atoms with E-state index in [0.717, 1.165) is 11.1 Å². The van der Waals surface area contributed by atoms with Crippen molar-refractivity contribution in [2.45, 2.75) is 6.92 Å². The van der Waals surface area contributed by atoms with Crippen molar-refractivity contribution in [1.82, 2.24) is 4.98 Å². The number of nitrogen functional groups attached to an aromatic ring is 1. The number of amides is 1. The maximum Gasteiger partial charge on any atom is 0.267 e. The second-order valence-corrected chi connectivity index (χ2v) is 7.67. The molecule has 0 bridgehead atoms. The van der Waals surface area contributed by atoms with E-state index in [1.807, 2.05) is 13.0 Å². The zero-order chi connectivity index (χ0) is 19.8. The molecule has 28 heavy (non-hydrogen) atoms. The Kier molecular flexibility index (Phi) is 4.75. The number of carbonyl (C=O) groups is 1. The van der Waals surface area contributed by atoms with Gasteiger partial charge in [0.05, 0.1) is 11.4 Å². The summed E-state index contributed by atoms with van der Waals surface area (Å²) in [6, 6.07) is 15.1. The molecule has 4 aromatic rings. The number of hydrogen-bond donors (Lipinski definition) is 2. The van der Waals surface area contributed by atoms with E-state index >= 15 is 0 Å². The third-order valence-electron chi connectivity index (χ3n) is 4.46. The first-order chi connectivity index (χ1) is 13.4.